The quantitative estimate of drug-likeness (QED) is 0.224. The number of H-pyrrole nitrogens is 2. The lowest BCUT2D eigenvalue weighted by molar-refractivity contribution is 0.628. The minimum atomic E-state index is -0.294. The molecule has 36 heavy (non-hydrogen) atoms. The maximum absolute atomic E-state index is 13.9. The largest absolute Gasteiger partial charge is 0.353 e. The number of hydrogen-bond acceptors (Lipinski definition) is 4. The van der Waals surface area contributed by atoms with Gasteiger partial charge in [-0.1, -0.05) is 49.4 Å². The summed E-state index contributed by atoms with van der Waals surface area (Å²) in [5, 5.41) is 12.7. The van der Waals surface area contributed by atoms with Gasteiger partial charge in [0, 0.05) is 46.4 Å². The number of nitrogens with zero attached hydrogens (tertiary/aromatic N) is 3. The Morgan fingerprint density at radius 1 is 1.11 bits per heavy atom. The SMILES string of the molecule is C=C/C=C(\C=C(/C)CNCC)c1cnc2[nH]nc(-c3cc4c(-c5cccc(F)c5)nccc4[nH]3)c2c1. The van der Waals surface area contributed by atoms with Crippen LogP contribution in [0.25, 0.3) is 50.2 Å². The molecule has 0 saturated heterocycles. The Morgan fingerprint density at radius 3 is 2.81 bits per heavy atom. The highest BCUT2D eigenvalue weighted by Gasteiger charge is 2.16. The van der Waals surface area contributed by atoms with Crippen molar-refractivity contribution < 1.29 is 4.39 Å². The fraction of sp³-hybridized carbons (Fsp3) is 0.138. The first kappa shape index (κ1) is 23.4. The van der Waals surface area contributed by atoms with Gasteiger partial charge in [0.15, 0.2) is 5.65 Å². The lowest BCUT2D eigenvalue weighted by Crippen LogP contribution is -2.14. The van der Waals surface area contributed by atoms with E-state index in [4.69, 9.17) is 0 Å². The van der Waals surface area contributed by atoms with Gasteiger partial charge in [0.1, 0.15) is 11.5 Å². The van der Waals surface area contributed by atoms with Crippen LogP contribution in [0.5, 0.6) is 0 Å². The average molecular weight is 479 g/mol. The van der Waals surface area contributed by atoms with Crippen molar-refractivity contribution in [3.8, 4) is 22.6 Å². The van der Waals surface area contributed by atoms with Gasteiger partial charge in [0.25, 0.3) is 0 Å². The molecule has 180 valence electrons. The fourth-order valence-corrected chi connectivity index (χ4v) is 4.31. The predicted octanol–water partition coefficient (Wildman–Crippen LogP) is 6.43. The molecule has 0 saturated carbocycles. The van der Waals surface area contributed by atoms with Crippen LogP contribution in [0.2, 0.25) is 0 Å². The summed E-state index contributed by atoms with van der Waals surface area (Å²) in [7, 11) is 0. The first-order chi connectivity index (χ1) is 17.6. The maximum Gasteiger partial charge on any atom is 0.155 e. The van der Waals surface area contributed by atoms with Gasteiger partial charge in [0.2, 0.25) is 0 Å². The van der Waals surface area contributed by atoms with Crippen LogP contribution in [-0.4, -0.2) is 38.2 Å². The van der Waals surface area contributed by atoms with Gasteiger partial charge in [-0.25, -0.2) is 9.37 Å². The van der Waals surface area contributed by atoms with Crippen molar-refractivity contribution in [1.29, 1.82) is 0 Å². The summed E-state index contributed by atoms with van der Waals surface area (Å²) < 4.78 is 13.9. The van der Waals surface area contributed by atoms with Gasteiger partial charge < -0.3 is 10.3 Å². The number of nitrogens with one attached hydrogen (secondary N) is 3. The molecule has 0 fully saturated rings. The molecule has 0 radical (unpaired) electrons. The Labute approximate surface area is 208 Å². The highest BCUT2D eigenvalue weighted by Crippen LogP contribution is 2.33. The standard InChI is InChI=1S/C29H27FN6/c1-4-7-19(12-18(3)16-31-5-2)21-14-24-28(35-36-29(24)33-17-21)26-15-23-25(34-26)10-11-32-27(23)20-8-6-9-22(30)13-20/h4,6-15,17,31,34H,1,5,16H2,2-3H3,(H,33,35,36)/b18-12+,19-7+. The van der Waals surface area contributed by atoms with E-state index in [1.54, 1.807) is 18.3 Å². The minimum absolute atomic E-state index is 0.294. The second-order valence-corrected chi connectivity index (χ2v) is 8.64. The van der Waals surface area contributed by atoms with Crippen LogP contribution < -0.4 is 5.32 Å². The van der Waals surface area contributed by atoms with Crippen LogP contribution in [0, 0.1) is 5.82 Å². The summed E-state index contributed by atoms with van der Waals surface area (Å²) in [5.41, 5.74) is 7.82. The summed E-state index contributed by atoms with van der Waals surface area (Å²) in [6.07, 6.45) is 9.48. The predicted molar refractivity (Wildman–Crippen MR) is 145 cm³/mol. The summed E-state index contributed by atoms with van der Waals surface area (Å²) in [6.45, 7) is 9.80. The van der Waals surface area contributed by atoms with E-state index in [2.05, 4.69) is 63.0 Å². The third kappa shape index (κ3) is 4.61. The van der Waals surface area contributed by atoms with Gasteiger partial charge in [-0.3, -0.25) is 10.1 Å². The Bertz CT molecular complexity index is 1620. The van der Waals surface area contributed by atoms with Crippen molar-refractivity contribution in [2.75, 3.05) is 13.1 Å². The molecule has 0 unspecified atom stereocenters. The number of pyridine rings is 2. The summed E-state index contributed by atoms with van der Waals surface area (Å²) in [6, 6.07) is 12.5. The zero-order valence-corrected chi connectivity index (χ0v) is 20.3. The number of aromatic nitrogens is 5. The minimum Gasteiger partial charge on any atom is -0.353 e. The molecule has 4 heterocycles. The summed E-state index contributed by atoms with van der Waals surface area (Å²) in [4.78, 5) is 12.6. The molecule has 5 rings (SSSR count). The molecular formula is C29H27FN6. The van der Waals surface area contributed by atoms with Gasteiger partial charge in [0.05, 0.1) is 11.4 Å². The lowest BCUT2D eigenvalue weighted by atomic mass is 10.0. The smallest absolute Gasteiger partial charge is 0.155 e. The number of allylic oxidation sites excluding steroid dienone is 4. The molecule has 0 aliphatic carbocycles. The Morgan fingerprint density at radius 2 is 2.00 bits per heavy atom. The molecule has 0 aliphatic rings. The molecule has 5 aromatic rings. The van der Waals surface area contributed by atoms with E-state index in [0.29, 0.717) is 11.3 Å². The Balaban J connectivity index is 1.59. The average Bonchev–Trinajstić information content (AvgIpc) is 3.50. The van der Waals surface area contributed by atoms with E-state index in [9.17, 15) is 4.39 Å². The lowest BCUT2D eigenvalue weighted by Gasteiger charge is -2.06. The monoisotopic (exact) mass is 478 g/mol. The molecule has 0 spiro atoms. The van der Waals surface area contributed by atoms with Gasteiger partial charge in [-0.05, 0) is 49.4 Å². The number of rotatable bonds is 8. The van der Waals surface area contributed by atoms with E-state index in [-0.39, 0.29) is 5.82 Å². The molecule has 0 amide bonds. The van der Waals surface area contributed by atoms with Crippen LogP contribution in [0.1, 0.15) is 19.4 Å². The first-order valence-corrected chi connectivity index (χ1v) is 11.9. The Hall–Kier alpha value is -4.36. The summed E-state index contributed by atoms with van der Waals surface area (Å²) >= 11 is 0. The van der Waals surface area contributed by atoms with Gasteiger partial charge in [-0.15, -0.1) is 0 Å². The fourth-order valence-electron chi connectivity index (χ4n) is 4.31. The first-order valence-electron chi connectivity index (χ1n) is 11.9. The normalized spacial score (nSPS) is 12.5. The molecule has 3 N–H and O–H groups in total. The third-order valence-corrected chi connectivity index (χ3v) is 6.00. The zero-order chi connectivity index (χ0) is 25.1. The summed E-state index contributed by atoms with van der Waals surface area (Å²) in [5.74, 6) is -0.294. The molecule has 6 nitrogen and oxygen atoms in total. The molecular weight excluding hydrogens is 451 g/mol. The number of halogens is 1. The second-order valence-electron chi connectivity index (χ2n) is 8.64. The van der Waals surface area contributed by atoms with E-state index in [1.165, 1.54) is 17.7 Å². The highest BCUT2D eigenvalue weighted by molar-refractivity contribution is 6.00. The number of aromatic amines is 2. The third-order valence-electron chi connectivity index (χ3n) is 6.00. The van der Waals surface area contributed by atoms with E-state index in [1.807, 2.05) is 30.5 Å². The number of fused-ring (bicyclic) bond motifs is 2. The van der Waals surface area contributed by atoms with Crippen LogP contribution in [0.4, 0.5) is 4.39 Å². The number of benzene rings is 1. The second kappa shape index (κ2) is 10.1. The maximum atomic E-state index is 13.9. The van der Waals surface area contributed by atoms with Crippen LogP contribution >= 0.6 is 0 Å². The van der Waals surface area contributed by atoms with Crippen LogP contribution in [0.3, 0.4) is 0 Å². The van der Waals surface area contributed by atoms with Gasteiger partial charge >= 0.3 is 0 Å². The van der Waals surface area contributed by atoms with E-state index < -0.39 is 0 Å². The van der Waals surface area contributed by atoms with Crippen molar-refractivity contribution in [2.45, 2.75) is 13.8 Å². The number of likely N-dealkylation sites (N-methyl/N-ethyl adjacent to an activating group) is 1. The van der Waals surface area contributed by atoms with Crippen molar-refractivity contribution in [3.63, 3.8) is 0 Å². The Kier molecular flexibility index (Phi) is 6.56. The van der Waals surface area contributed by atoms with Crippen molar-refractivity contribution in [3.05, 3.63) is 96.6 Å². The van der Waals surface area contributed by atoms with Crippen LogP contribution in [0.15, 0.2) is 85.2 Å². The van der Waals surface area contributed by atoms with Gasteiger partial charge in [-0.2, -0.15) is 5.10 Å². The van der Waals surface area contributed by atoms with E-state index in [0.717, 1.165) is 57.5 Å². The van der Waals surface area contributed by atoms with Crippen molar-refractivity contribution >= 4 is 27.5 Å². The van der Waals surface area contributed by atoms with Crippen molar-refractivity contribution in [2.24, 2.45) is 0 Å². The molecule has 0 bridgehead atoms. The molecule has 1 aromatic carbocycles. The molecule has 4 aromatic heterocycles. The zero-order valence-electron chi connectivity index (χ0n) is 20.3. The topological polar surface area (TPSA) is 82.3 Å². The molecule has 0 atom stereocenters. The van der Waals surface area contributed by atoms with Crippen LogP contribution in [-0.2, 0) is 0 Å². The van der Waals surface area contributed by atoms with E-state index >= 15 is 0 Å². The molecule has 0 aliphatic heterocycles. The number of hydrogen-bond donors (Lipinski definition) is 3. The van der Waals surface area contributed by atoms with Crippen molar-refractivity contribution in [1.82, 2.24) is 30.5 Å². The highest BCUT2D eigenvalue weighted by atomic mass is 19.1. The molecule has 7 heteroatoms.